The predicted octanol–water partition coefficient (Wildman–Crippen LogP) is 3.88. The van der Waals surface area contributed by atoms with Gasteiger partial charge in [0.05, 0.1) is 28.2 Å². The van der Waals surface area contributed by atoms with Crippen molar-refractivity contribution in [3.63, 3.8) is 0 Å². The summed E-state index contributed by atoms with van der Waals surface area (Å²) in [7, 11) is 1.32. The molecule has 0 spiro atoms. The number of nitrogens with zero attached hydrogens (tertiary/aromatic N) is 2. The lowest BCUT2D eigenvalue weighted by Crippen LogP contribution is -2.03. The number of benzene rings is 2. The first-order valence-corrected chi connectivity index (χ1v) is 6.50. The molecule has 2 aromatic carbocycles. The van der Waals surface area contributed by atoms with E-state index >= 15 is 0 Å². The minimum Gasteiger partial charge on any atom is -0.465 e. The maximum absolute atomic E-state index is 11.8. The highest BCUT2D eigenvalue weighted by Crippen LogP contribution is 2.29. The highest BCUT2D eigenvalue weighted by atomic mass is 35.5. The van der Waals surface area contributed by atoms with Gasteiger partial charge in [0.1, 0.15) is 16.6 Å². The monoisotopic (exact) mass is 306 g/mol. The number of aromatic nitrogens is 2. The Morgan fingerprint density at radius 3 is 2.30 bits per heavy atom. The van der Waals surface area contributed by atoms with Gasteiger partial charge in [0.25, 0.3) is 0 Å². The van der Waals surface area contributed by atoms with Crippen LogP contribution in [0.1, 0.15) is 10.4 Å². The molecule has 0 unspecified atom stereocenters. The van der Waals surface area contributed by atoms with E-state index in [9.17, 15) is 4.79 Å². The standard InChI is InChI=1S/C14H8Cl2N2O2/c1-20-14(19)7-3-2-4-10-11(7)18-13-9(16)6-5-8(15)12(13)17-10/h2-6H,1H3. The van der Waals surface area contributed by atoms with E-state index < -0.39 is 5.97 Å². The molecule has 1 heterocycles. The van der Waals surface area contributed by atoms with Gasteiger partial charge in [0.2, 0.25) is 0 Å². The third-order valence-electron chi connectivity index (χ3n) is 2.93. The molecule has 0 saturated carbocycles. The first-order chi connectivity index (χ1) is 9.61. The van der Waals surface area contributed by atoms with Crippen molar-refractivity contribution >= 4 is 51.2 Å². The summed E-state index contributed by atoms with van der Waals surface area (Å²) < 4.78 is 4.74. The summed E-state index contributed by atoms with van der Waals surface area (Å²) in [5, 5.41) is 0.890. The fourth-order valence-electron chi connectivity index (χ4n) is 1.99. The molecule has 100 valence electrons. The van der Waals surface area contributed by atoms with Crippen molar-refractivity contribution in [1.29, 1.82) is 0 Å². The van der Waals surface area contributed by atoms with Crippen molar-refractivity contribution in [2.75, 3.05) is 7.11 Å². The summed E-state index contributed by atoms with van der Waals surface area (Å²) >= 11 is 12.2. The molecule has 0 amide bonds. The number of methoxy groups -OCH3 is 1. The number of halogens is 2. The van der Waals surface area contributed by atoms with Crippen LogP contribution in [-0.4, -0.2) is 23.0 Å². The first-order valence-electron chi connectivity index (χ1n) is 5.74. The van der Waals surface area contributed by atoms with Crippen LogP contribution in [0.4, 0.5) is 0 Å². The van der Waals surface area contributed by atoms with E-state index in [1.54, 1.807) is 30.3 Å². The van der Waals surface area contributed by atoms with Crippen molar-refractivity contribution in [2.24, 2.45) is 0 Å². The molecule has 4 nitrogen and oxygen atoms in total. The quantitative estimate of drug-likeness (QED) is 0.506. The van der Waals surface area contributed by atoms with Gasteiger partial charge in [-0.15, -0.1) is 0 Å². The Labute approximate surface area is 124 Å². The lowest BCUT2D eigenvalue weighted by atomic mass is 10.1. The number of carbonyl (C=O) groups excluding carboxylic acids is 1. The normalized spacial score (nSPS) is 10.9. The van der Waals surface area contributed by atoms with Crippen LogP contribution >= 0.6 is 23.2 Å². The van der Waals surface area contributed by atoms with Crippen LogP contribution in [0.15, 0.2) is 30.3 Å². The maximum Gasteiger partial charge on any atom is 0.340 e. The highest BCUT2D eigenvalue weighted by Gasteiger charge is 2.15. The van der Waals surface area contributed by atoms with Crippen LogP contribution in [0.25, 0.3) is 22.1 Å². The summed E-state index contributed by atoms with van der Waals surface area (Å²) in [4.78, 5) is 20.6. The molecule has 0 aliphatic rings. The number of hydrogen-bond donors (Lipinski definition) is 0. The minimum atomic E-state index is -0.470. The second-order valence-electron chi connectivity index (χ2n) is 4.11. The zero-order valence-electron chi connectivity index (χ0n) is 10.4. The molecule has 6 heteroatoms. The summed E-state index contributed by atoms with van der Waals surface area (Å²) in [6.45, 7) is 0. The second-order valence-corrected chi connectivity index (χ2v) is 4.93. The predicted molar refractivity (Wildman–Crippen MR) is 78.4 cm³/mol. The highest BCUT2D eigenvalue weighted by molar-refractivity contribution is 6.39. The Morgan fingerprint density at radius 2 is 1.65 bits per heavy atom. The summed E-state index contributed by atoms with van der Waals surface area (Å²) in [6.07, 6.45) is 0. The van der Waals surface area contributed by atoms with Crippen LogP contribution in [0.3, 0.4) is 0 Å². The third kappa shape index (κ3) is 1.97. The smallest absolute Gasteiger partial charge is 0.340 e. The van der Waals surface area contributed by atoms with Crippen LogP contribution in [-0.2, 0) is 4.74 Å². The van der Waals surface area contributed by atoms with E-state index in [4.69, 9.17) is 27.9 Å². The van der Waals surface area contributed by atoms with Crippen molar-refractivity contribution in [2.45, 2.75) is 0 Å². The molecule has 0 N–H and O–H groups in total. The number of hydrogen-bond acceptors (Lipinski definition) is 4. The Morgan fingerprint density at radius 1 is 1.00 bits per heavy atom. The van der Waals surface area contributed by atoms with E-state index in [2.05, 4.69) is 9.97 Å². The molecule has 0 aliphatic heterocycles. The molecule has 0 fully saturated rings. The summed E-state index contributed by atoms with van der Waals surface area (Å²) in [6, 6.07) is 8.41. The lowest BCUT2D eigenvalue weighted by Gasteiger charge is -2.07. The number of para-hydroxylation sites is 1. The zero-order chi connectivity index (χ0) is 14.3. The Bertz CT molecular complexity index is 849. The van der Waals surface area contributed by atoms with Crippen LogP contribution in [0, 0.1) is 0 Å². The SMILES string of the molecule is COC(=O)c1cccc2nc3c(Cl)ccc(Cl)c3nc12. The van der Waals surface area contributed by atoms with Gasteiger partial charge < -0.3 is 4.74 Å². The zero-order valence-corrected chi connectivity index (χ0v) is 11.9. The average Bonchev–Trinajstić information content (AvgIpc) is 2.48. The van der Waals surface area contributed by atoms with E-state index in [0.717, 1.165) is 0 Å². The van der Waals surface area contributed by atoms with Crippen molar-refractivity contribution in [1.82, 2.24) is 9.97 Å². The third-order valence-corrected chi connectivity index (χ3v) is 3.54. The molecule has 1 aromatic heterocycles. The topological polar surface area (TPSA) is 52.1 Å². The largest absolute Gasteiger partial charge is 0.465 e. The lowest BCUT2D eigenvalue weighted by molar-refractivity contribution is 0.0603. The van der Waals surface area contributed by atoms with Crippen LogP contribution in [0.2, 0.25) is 10.0 Å². The molecule has 20 heavy (non-hydrogen) atoms. The first kappa shape index (κ1) is 13.1. The summed E-state index contributed by atoms with van der Waals surface area (Å²) in [5.41, 5.74) is 2.31. The average molecular weight is 307 g/mol. The molecule has 3 rings (SSSR count). The van der Waals surface area contributed by atoms with Gasteiger partial charge in [0.15, 0.2) is 0 Å². The molecule has 0 aliphatic carbocycles. The summed E-state index contributed by atoms with van der Waals surface area (Å²) in [5.74, 6) is -0.470. The van der Waals surface area contributed by atoms with Gasteiger partial charge in [-0.25, -0.2) is 14.8 Å². The number of rotatable bonds is 1. The van der Waals surface area contributed by atoms with Gasteiger partial charge in [-0.3, -0.25) is 0 Å². The van der Waals surface area contributed by atoms with Gasteiger partial charge in [-0.05, 0) is 24.3 Å². The Balaban J connectivity index is 2.46. The molecule has 3 aromatic rings. The fraction of sp³-hybridized carbons (Fsp3) is 0.0714. The number of ether oxygens (including phenoxy) is 1. The van der Waals surface area contributed by atoms with E-state index in [1.165, 1.54) is 7.11 Å². The van der Waals surface area contributed by atoms with Gasteiger partial charge in [-0.1, -0.05) is 29.3 Å². The molecular formula is C14H8Cl2N2O2. The molecule has 0 radical (unpaired) electrons. The Kier molecular flexibility index (Phi) is 3.20. The Hall–Kier alpha value is -1.91. The molecule has 0 bridgehead atoms. The molecule has 0 saturated heterocycles. The van der Waals surface area contributed by atoms with Crippen LogP contribution in [0.5, 0.6) is 0 Å². The van der Waals surface area contributed by atoms with E-state index in [-0.39, 0.29) is 0 Å². The number of esters is 1. The van der Waals surface area contributed by atoms with Gasteiger partial charge in [-0.2, -0.15) is 0 Å². The van der Waals surface area contributed by atoms with E-state index in [1.807, 2.05) is 0 Å². The molecular weight excluding hydrogens is 299 g/mol. The van der Waals surface area contributed by atoms with Gasteiger partial charge in [0, 0.05) is 0 Å². The second kappa shape index (κ2) is 4.89. The van der Waals surface area contributed by atoms with E-state index in [0.29, 0.717) is 37.7 Å². The molecule has 0 atom stereocenters. The van der Waals surface area contributed by atoms with Crippen molar-refractivity contribution in [3.8, 4) is 0 Å². The maximum atomic E-state index is 11.8. The van der Waals surface area contributed by atoms with Crippen molar-refractivity contribution < 1.29 is 9.53 Å². The minimum absolute atomic E-state index is 0.343. The number of carbonyl (C=O) groups is 1. The van der Waals surface area contributed by atoms with Gasteiger partial charge >= 0.3 is 5.97 Å². The van der Waals surface area contributed by atoms with Crippen LogP contribution < -0.4 is 0 Å². The number of fused-ring (bicyclic) bond motifs is 2. The van der Waals surface area contributed by atoms with Crippen molar-refractivity contribution in [3.05, 3.63) is 45.9 Å². The fourth-order valence-corrected chi connectivity index (χ4v) is 2.38.